The van der Waals surface area contributed by atoms with E-state index in [9.17, 15) is 0 Å². The van der Waals surface area contributed by atoms with Crippen molar-refractivity contribution in [3.8, 4) is 0 Å². The van der Waals surface area contributed by atoms with Gasteiger partial charge in [-0.2, -0.15) is 5.10 Å². The smallest absolute Gasteiger partial charge is 0.191 e. The summed E-state index contributed by atoms with van der Waals surface area (Å²) in [6.45, 7) is 4.95. The fraction of sp³-hybridized carbons (Fsp3) is 0.524. The van der Waals surface area contributed by atoms with Gasteiger partial charge in [-0.3, -0.25) is 14.6 Å². The minimum Gasteiger partial charge on any atom is -0.356 e. The number of nitrogens with one attached hydrogen (secondary N) is 2. The summed E-state index contributed by atoms with van der Waals surface area (Å²) in [5, 5.41) is 11.2. The molecular weight excluding hydrogens is 336 g/mol. The molecule has 1 unspecified atom stereocenters. The van der Waals surface area contributed by atoms with Crippen LogP contribution in [0.3, 0.4) is 0 Å². The van der Waals surface area contributed by atoms with Crippen LogP contribution in [0.4, 0.5) is 0 Å². The molecular formula is C21H32N6. The van der Waals surface area contributed by atoms with Gasteiger partial charge in [-0.1, -0.05) is 36.8 Å². The summed E-state index contributed by atoms with van der Waals surface area (Å²) in [6.07, 6.45) is 8.69. The zero-order chi connectivity index (χ0) is 18.7. The third kappa shape index (κ3) is 6.40. The molecule has 1 fully saturated rings. The van der Waals surface area contributed by atoms with Crippen LogP contribution < -0.4 is 10.6 Å². The maximum atomic E-state index is 4.37. The Kier molecular flexibility index (Phi) is 7.71. The minimum absolute atomic E-state index is 0.557. The lowest BCUT2D eigenvalue weighted by Crippen LogP contribution is -2.48. The summed E-state index contributed by atoms with van der Waals surface area (Å²) in [5.41, 5.74) is 1.39. The molecule has 1 aromatic carbocycles. The topological polar surface area (TPSA) is 57.5 Å². The predicted molar refractivity (Wildman–Crippen MR) is 111 cm³/mol. The number of guanidine groups is 1. The van der Waals surface area contributed by atoms with Crippen molar-refractivity contribution in [3.63, 3.8) is 0 Å². The Bertz CT molecular complexity index is 667. The number of benzene rings is 1. The third-order valence-corrected chi connectivity index (χ3v) is 5.12. The Morgan fingerprint density at radius 3 is 2.85 bits per heavy atom. The molecule has 0 spiro atoms. The maximum Gasteiger partial charge on any atom is 0.191 e. The summed E-state index contributed by atoms with van der Waals surface area (Å²) < 4.78 is 1.96. The highest BCUT2D eigenvalue weighted by Crippen LogP contribution is 2.19. The van der Waals surface area contributed by atoms with Crippen LogP contribution in [0.25, 0.3) is 0 Å². The lowest BCUT2D eigenvalue weighted by Gasteiger charge is -2.36. The van der Waals surface area contributed by atoms with Gasteiger partial charge in [0.15, 0.2) is 5.96 Å². The van der Waals surface area contributed by atoms with Crippen LogP contribution in [0, 0.1) is 0 Å². The van der Waals surface area contributed by atoms with E-state index < -0.39 is 0 Å². The SMILES string of the molecule is CN=C(NCCCn1cccn1)NCC1CCCCN1Cc1ccccc1. The number of aliphatic imine (C=N–C) groups is 1. The Morgan fingerprint density at radius 1 is 1.19 bits per heavy atom. The molecule has 2 N–H and O–H groups in total. The first kappa shape index (κ1) is 19.4. The summed E-state index contributed by atoms with van der Waals surface area (Å²) in [4.78, 5) is 6.98. The van der Waals surface area contributed by atoms with Gasteiger partial charge in [0, 0.05) is 51.7 Å². The lowest BCUT2D eigenvalue weighted by molar-refractivity contribution is 0.141. The highest BCUT2D eigenvalue weighted by molar-refractivity contribution is 5.79. The Balaban J connectivity index is 1.41. The average Bonchev–Trinajstić information content (AvgIpc) is 3.23. The predicted octanol–water partition coefficient (Wildman–Crippen LogP) is 2.49. The van der Waals surface area contributed by atoms with Gasteiger partial charge in [0.05, 0.1) is 0 Å². The van der Waals surface area contributed by atoms with Crippen LogP contribution in [0.2, 0.25) is 0 Å². The summed E-state index contributed by atoms with van der Waals surface area (Å²) in [5.74, 6) is 0.890. The molecule has 27 heavy (non-hydrogen) atoms. The molecule has 146 valence electrons. The van der Waals surface area contributed by atoms with E-state index in [1.807, 2.05) is 30.2 Å². The van der Waals surface area contributed by atoms with Crippen molar-refractivity contribution in [2.75, 3.05) is 26.7 Å². The Hall–Kier alpha value is -2.34. The fourth-order valence-electron chi connectivity index (χ4n) is 3.63. The Labute approximate surface area is 162 Å². The van der Waals surface area contributed by atoms with E-state index in [4.69, 9.17) is 0 Å². The normalized spacial score (nSPS) is 18.4. The van der Waals surface area contributed by atoms with Crippen molar-refractivity contribution in [3.05, 3.63) is 54.4 Å². The van der Waals surface area contributed by atoms with Gasteiger partial charge in [-0.15, -0.1) is 0 Å². The van der Waals surface area contributed by atoms with Crippen molar-refractivity contribution >= 4 is 5.96 Å². The highest BCUT2D eigenvalue weighted by Gasteiger charge is 2.22. The molecule has 1 aliphatic heterocycles. The van der Waals surface area contributed by atoms with Gasteiger partial charge in [-0.05, 0) is 37.4 Å². The van der Waals surface area contributed by atoms with E-state index in [1.54, 1.807) is 0 Å². The van der Waals surface area contributed by atoms with Crippen LogP contribution in [0.5, 0.6) is 0 Å². The first-order valence-corrected chi connectivity index (χ1v) is 10.0. The molecule has 1 saturated heterocycles. The largest absolute Gasteiger partial charge is 0.356 e. The molecule has 1 aromatic heterocycles. The Morgan fingerprint density at radius 2 is 2.07 bits per heavy atom. The first-order valence-electron chi connectivity index (χ1n) is 10.0. The fourth-order valence-corrected chi connectivity index (χ4v) is 3.63. The van der Waals surface area contributed by atoms with Gasteiger partial charge in [-0.25, -0.2) is 0 Å². The highest BCUT2D eigenvalue weighted by atomic mass is 15.3. The van der Waals surface area contributed by atoms with Crippen LogP contribution >= 0.6 is 0 Å². The number of hydrogen-bond acceptors (Lipinski definition) is 3. The van der Waals surface area contributed by atoms with Crippen molar-refractivity contribution in [1.82, 2.24) is 25.3 Å². The van der Waals surface area contributed by atoms with E-state index in [0.29, 0.717) is 6.04 Å². The number of nitrogens with zero attached hydrogens (tertiary/aromatic N) is 4. The minimum atomic E-state index is 0.557. The maximum absolute atomic E-state index is 4.37. The second kappa shape index (κ2) is 10.7. The van der Waals surface area contributed by atoms with Crippen molar-refractivity contribution in [2.45, 2.75) is 44.8 Å². The number of rotatable bonds is 8. The molecule has 0 aliphatic carbocycles. The zero-order valence-corrected chi connectivity index (χ0v) is 16.3. The second-order valence-corrected chi connectivity index (χ2v) is 7.11. The molecule has 0 amide bonds. The number of aryl methyl sites for hydroxylation is 1. The molecule has 0 bridgehead atoms. The van der Waals surface area contributed by atoms with E-state index >= 15 is 0 Å². The molecule has 6 heteroatoms. The van der Waals surface area contributed by atoms with E-state index in [2.05, 4.69) is 56.0 Å². The van der Waals surface area contributed by atoms with Gasteiger partial charge in [0.1, 0.15) is 0 Å². The lowest BCUT2D eigenvalue weighted by atomic mass is 10.0. The van der Waals surface area contributed by atoms with Gasteiger partial charge >= 0.3 is 0 Å². The van der Waals surface area contributed by atoms with Gasteiger partial charge < -0.3 is 10.6 Å². The molecule has 1 atom stereocenters. The monoisotopic (exact) mass is 368 g/mol. The van der Waals surface area contributed by atoms with E-state index in [0.717, 1.165) is 38.6 Å². The first-order chi connectivity index (χ1) is 13.3. The van der Waals surface area contributed by atoms with E-state index in [-0.39, 0.29) is 0 Å². The molecule has 6 nitrogen and oxygen atoms in total. The second-order valence-electron chi connectivity index (χ2n) is 7.11. The number of piperidine rings is 1. The van der Waals surface area contributed by atoms with Crippen LogP contribution in [0.15, 0.2) is 53.8 Å². The summed E-state index contributed by atoms with van der Waals surface area (Å²) >= 11 is 0. The standard InChI is InChI=1S/C21H32N6/c1-22-21(23-12-7-15-27-16-8-13-25-27)24-17-20-11-5-6-14-26(20)18-19-9-3-2-4-10-19/h2-4,8-10,13,16,20H,5-7,11-12,14-15,17-18H2,1H3,(H2,22,23,24). The van der Waals surface area contributed by atoms with Crippen molar-refractivity contribution in [1.29, 1.82) is 0 Å². The quantitative estimate of drug-likeness (QED) is 0.427. The molecule has 2 heterocycles. The molecule has 3 rings (SSSR count). The molecule has 0 saturated carbocycles. The van der Waals surface area contributed by atoms with Gasteiger partial charge in [0.25, 0.3) is 0 Å². The molecule has 1 aliphatic rings. The number of hydrogen-bond donors (Lipinski definition) is 2. The van der Waals surface area contributed by atoms with E-state index in [1.165, 1.54) is 31.4 Å². The zero-order valence-electron chi connectivity index (χ0n) is 16.3. The third-order valence-electron chi connectivity index (χ3n) is 5.12. The molecule has 0 radical (unpaired) electrons. The molecule has 2 aromatic rings. The van der Waals surface area contributed by atoms with Gasteiger partial charge in [0.2, 0.25) is 0 Å². The summed E-state index contributed by atoms with van der Waals surface area (Å²) in [7, 11) is 1.84. The van der Waals surface area contributed by atoms with Crippen LogP contribution in [0.1, 0.15) is 31.2 Å². The average molecular weight is 369 g/mol. The van der Waals surface area contributed by atoms with Crippen LogP contribution in [-0.4, -0.2) is 53.4 Å². The van der Waals surface area contributed by atoms with Crippen molar-refractivity contribution < 1.29 is 0 Å². The van der Waals surface area contributed by atoms with Crippen LogP contribution in [-0.2, 0) is 13.1 Å². The summed E-state index contributed by atoms with van der Waals surface area (Å²) in [6, 6.07) is 13.3. The van der Waals surface area contributed by atoms with Crippen molar-refractivity contribution in [2.24, 2.45) is 4.99 Å². The number of likely N-dealkylation sites (tertiary alicyclic amines) is 1. The number of aromatic nitrogens is 2.